The summed E-state index contributed by atoms with van der Waals surface area (Å²) in [5, 5.41) is 10.7. The van der Waals surface area contributed by atoms with E-state index in [9.17, 15) is 9.50 Å². The highest BCUT2D eigenvalue weighted by molar-refractivity contribution is 5.85. The van der Waals surface area contributed by atoms with Gasteiger partial charge in [0.2, 0.25) is 0 Å². The summed E-state index contributed by atoms with van der Waals surface area (Å²) < 4.78 is 14.1. The first-order valence-electron chi connectivity index (χ1n) is 10.3. The number of aliphatic hydroxyl groups excluding tert-OH is 1. The molecule has 1 aliphatic carbocycles. The molecule has 0 radical (unpaired) electrons. The van der Waals surface area contributed by atoms with Crippen LogP contribution in [-0.2, 0) is 6.42 Å². The van der Waals surface area contributed by atoms with E-state index in [1.165, 1.54) is 11.1 Å². The normalized spacial score (nSPS) is 23.5. The maximum atomic E-state index is 14.1. The lowest BCUT2D eigenvalue weighted by atomic mass is 9.88. The Morgan fingerprint density at radius 1 is 1.00 bits per heavy atom. The van der Waals surface area contributed by atoms with Gasteiger partial charge < -0.3 is 10.0 Å². The van der Waals surface area contributed by atoms with Gasteiger partial charge >= 0.3 is 0 Å². The molecule has 1 fully saturated rings. The predicted molar refractivity (Wildman–Crippen MR) is 115 cm³/mol. The van der Waals surface area contributed by atoms with E-state index < -0.39 is 0 Å². The average Bonchev–Trinajstić information content (AvgIpc) is 2.83. The molecule has 2 aliphatic rings. The van der Waals surface area contributed by atoms with E-state index in [-0.39, 0.29) is 24.3 Å². The van der Waals surface area contributed by atoms with Crippen molar-refractivity contribution in [2.24, 2.45) is 5.92 Å². The number of hydrogen-bond acceptors (Lipinski definition) is 2. The number of benzene rings is 2. The molecule has 0 bridgehead atoms. The van der Waals surface area contributed by atoms with Crippen molar-refractivity contribution in [3.63, 3.8) is 0 Å². The van der Waals surface area contributed by atoms with Gasteiger partial charge in [-0.3, -0.25) is 0 Å². The highest BCUT2D eigenvalue weighted by Gasteiger charge is 2.28. The number of aliphatic hydroxyl groups is 1. The van der Waals surface area contributed by atoms with Gasteiger partial charge in [0.05, 0.1) is 6.10 Å². The fourth-order valence-electron chi connectivity index (χ4n) is 5.05. The van der Waals surface area contributed by atoms with E-state index in [0.717, 1.165) is 62.9 Å². The predicted octanol–water partition coefficient (Wildman–Crippen LogP) is 5.42. The van der Waals surface area contributed by atoms with E-state index in [0.29, 0.717) is 11.8 Å². The second-order valence-electron chi connectivity index (χ2n) is 8.40. The summed E-state index contributed by atoms with van der Waals surface area (Å²) in [6.07, 6.45) is 4.76. The highest BCUT2D eigenvalue weighted by atomic mass is 35.5. The SMILES string of the molecule is Cc1cccc2c1CC[C@H](CN1CCC(c3ccccc3F)CC1)C[C@@H]2O.Cl. The van der Waals surface area contributed by atoms with Gasteiger partial charge in [-0.25, -0.2) is 4.39 Å². The van der Waals surface area contributed by atoms with E-state index in [1.54, 1.807) is 12.1 Å². The number of piperidine rings is 1. The molecule has 4 rings (SSSR count). The van der Waals surface area contributed by atoms with Crippen molar-refractivity contribution in [3.05, 3.63) is 70.5 Å². The van der Waals surface area contributed by atoms with Crippen molar-refractivity contribution in [3.8, 4) is 0 Å². The topological polar surface area (TPSA) is 23.5 Å². The Labute approximate surface area is 174 Å². The second-order valence-corrected chi connectivity index (χ2v) is 8.40. The molecule has 1 N–H and O–H groups in total. The van der Waals surface area contributed by atoms with Crippen LogP contribution in [0.1, 0.15) is 60.0 Å². The van der Waals surface area contributed by atoms with Crippen LogP contribution in [0, 0.1) is 18.7 Å². The lowest BCUT2D eigenvalue weighted by Crippen LogP contribution is -2.37. The zero-order valence-electron chi connectivity index (χ0n) is 16.6. The van der Waals surface area contributed by atoms with E-state index in [4.69, 9.17) is 0 Å². The van der Waals surface area contributed by atoms with Crippen molar-refractivity contribution in [1.82, 2.24) is 4.90 Å². The molecule has 1 saturated heterocycles. The summed E-state index contributed by atoms with van der Waals surface area (Å²) in [5.41, 5.74) is 4.67. The number of hydrogen-bond donors (Lipinski definition) is 1. The molecule has 1 aliphatic heterocycles. The van der Waals surface area contributed by atoms with E-state index in [2.05, 4.69) is 30.0 Å². The summed E-state index contributed by atoms with van der Waals surface area (Å²) in [6.45, 7) is 5.25. The molecule has 1 heterocycles. The van der Waals surface area contributed by atoms with Gasteiger partial charge in [-0.15, -0.1) is 12.4 Å². The number of aryl methyl sites for hydroxylation is 1. The van der Waals surface area contributed by atoms with Gasteiger partial charge in [-0.05, 0) is 92.3 Å². The Hall–Kier alpha value is -1.42. The molecule has 4 heteroatoms. The van der Waals surface area contributed by atoms with Crippen molar-refractivity contribution in [1.29, 1.82) is 0 Å². The van der Waals surface area contributed by atoms with Crippen LogP contribution in [0.25, 0.3) is 0 Å². The van der Waals surface area contributed by atoms with Crippen LogP contribution in [0.5, 0.6) is 0 Å². The molecular formula is C24H31ClFNO. The molecule has 0 spiro atoms. The van der Waals surface area contributed by atoms with Crippen LogP contribution in [0.4, 0.5) is 4.39 Å². The molecule has 2 aromatic carbocycles. The Bertz CT molecular complexity index is 788. The number of likely N-dealkylation sites (tertiary alicyclic amines) is 1. The van der Waals surface area contributed by atoms with Crippen molar-refractivity contribution in [2.45, 2.75) is 51.0 Å². The number of rotatable bonds is 3. The second kappa shape index (κ2) is 9.39. The van der Waals surface area contributed by atoms with Crippen LogP contribution in [0.15, 0.2) is 42.5 Å². The lowest BCUT2D eigenvalue weighted by Gasteiger charge is -2.34. The lowest BCUT2D eigenvalue weighted by molar-refractivity contribution is 0.117. The van der Waals surface area contributed by atoms with Crippen LogP contribution in [0.3, 0.4) is 0 Å². The van der Waals surface area contributed by atoms with E-state index >= 15 is 0 Å². The molecule has 28 heavy (non-hydrogen) atoms. The summed E-state index contributed by atoms with van der Waals surface area (Å²) in [4.78, 5) is 2.53. The third-order valence-electron chi connectivity index (χ3n) is 6.61. The molecule has 2 aromatic rings. The minimum Gasteiger partial charge on any atom is -0.388 e. The molecule has 0 aromatic heterocycles. The molecule has 0 saturated carbocycles. The average molecular weight is 404 g/mol. The van der Waals surface area contributed by atoms with Crippen LogP contribution < -0.4 is 0 Å². The molecule has 0 amide bonds. The minimum atomic E-state index is -0.344. The zero-order chi connectivity index (χ0) is 18.8. The Kier molecular flexibility index (Phi) is 7.14. The summed E-state index contributed by atoms with van der Waals surface area (Å²) in [7, 11) is 0. The van der Waals surface area contributed by atoms with E-state index in [1.807, 2.05) is 12.1 Å². The third kappa shape index (κ3) is 4.59. The fourth-order valence-corrected chi connectivity index (χ4v) is 5.05. The molecule has 2 atom stereocenters. The number of halogens is 2. The number of fused-ring (bicyclic) bond motifs is 1. The molecule has 152 valence electrons. The summed E-state index contributed by atoms with van der Waals surface area (Å²) in [6, 6.07) is 13.5. The fraction of sp³-hybridized carbons (Fsp3) is 0.500. The van der Waals surface area contributed by atoms with Gasteiger partial charge in [-0.1, -0.05) is 36.4 Å². The van der Waals surface area contributed by atoms with Gasteiger partial charge in [0.15, 0.2) is 0 Å². The maximum Gasteiger partial charge on any atom is 0.126 e. The first kappa shape index (κ1) is 21.3. The molecular weight excluding hydrogens is 373 g/mol. The summed E-state index contributed by atoms with van der Waals surface area (Å²) in [5.74, 6) is 0.807. The quantitative estimate of drug-likeness (QED) is 0.691. The molecule has 2 nitrogen and oxygen atoms in total. The van der Waals surface area contributed by atoms with Gasteiger partial charge in [0.25, 0.3) is 0 Å². The molecule has 0 unspecified atom stereocenters. The Balaban J connectivity index is 0.00000225. The largest absolute Gasteiger partial charge is 0.388 e. The van der Waals surface area contributed by atoms with Crippen LogP contribution >= 0.6 is 12.4 Å². The monoisotopic (exact) mass is 403 g/mol. The Morgan fingerprint density at radius 2 is 1.71 bits per heavy atom. The first-order valence-corrected chi connectivity index (χ1v) is 10.3. The standard InChI is InChI=1S/C24H30FNO.ClH/c1-17-5-4-7-22-20(17)10-9-18(15-24(22)27)16-26-13-11-19(12-14-26)21-6-2-3-8-23(21)25;/h2-8,18-19,24,27H,9-16H2,1H3;1H/t18-,24-;/m0./s1. The Morgan fingerprint density at radius 3 is 2.46 bits per heavy atom. The van der Waals surface area contributed by atoms with Crippen LogP contribution in [0.2, 0.25) is 0 Å². The van der Waals surface area contributed by atoms with Gasteiger partial charge in [0, 0.05) is 6.54 Å². The zero-order valence-corrected chi connectivity index (χ0v) is 17.4. The van der Waals surface area contributed by atoms with Gasteiger partial charge in [-0.2, -0.15) is 0 Å². The highest BCUT2D eigenvalue weighted by Crippen LogP contribution is 2.35. The van der Waals surface area contributed by atoms with Gasteiger partial charge in [0.1, 0.15) is 5.82 Å². The first-order chi connectivity index (χ1) is 13.1. The number of nitrogens with zero attached hydrogens (tertiary/aromatic N) is 1. The van der Waals surface area contributed by atoms with Crippen LogP contribution in [-0.4, -0.2) is 29.6 Å². The van der Waals surface area contributed by atoms with Crippen molar-refractivity contribution >= 4 is 12.4 Å². The smallest absolute Gasteiger partial charge is 0.126 e. The maximum absolute atomic E-state index is 14.1. The summed E-state index contributed by atoms with van der Waals surface area (Å²) >= 11 is 0. The minimum absolute atomic E-state index is 0. The third-order valence-corrected chi connectivity index (χ3v) is 6.61. The van der Waals surface area contributed by atoms with Crippen molar-refractivity contribution in [2.75, 3.05) is 19.6 Å². The van der Waals surface area contributed by atoms with Crippen molar-refractivity contribution < 1.29 is 9.50 Å².